The molecule has 0 amide bonds. The summed E-state index contributed by atoms with van der Waals surface area (Å²) >= 11 is 5.62. The molecule has 0 nitrogen and oxygen atoms in total. The highest BCUT2D eigenvalue weighted by atomic mass is 79.9. The zero-order valence-electron chi connectivity index (χ0n) is 7.61. The highest BCUT2D eigenvalue weighted by molar-refractivity contribution is 9.09. The summed E-state index contributed by atoms with van der Waals surface area (Å²) in [6.07, 6.45) is 4.10. The summed E-state index contributed by atoms with van der Waals surface area (Å²) in [5.41, 5.74) is 0. The molecule has 0 aromatic heterocycles. The molecule has 0 rings (SSSR count). The highest BCUT2D eigenvalue weighted by Gasteiger charge is 2.04. The van der Waals surface area contributed by atoms with Gasteiger partial charge in [0.2, 0.25) is 0 Å². The van der Waals surface area contributed by atoms with Crippen LogP contribution in [0.1, 0.15) is 33.1 Å². The Morgan fingerprint density at radius 3 is 2.45 bits per heavy atom. The van der Waals surface area contributed by atoms with Crippen molar-refractivity contribution >= 4 is 27.7 Å². The van der Waals surface area contributed by atoms with Gasteiger partial charge < -0.3 is 0 Å². The molecule has 0 aliphatic heterocycles. The van der Waals surface area contributed by atoms with Crippen molar-refractivity contribution in [2.24, 2.45) is 5.92 Å². The van der Waals surface area contributed by atoms with Crippen LogP contribution >= 0.6 is 27.7 Å². The number of alkyl halides is 1. The summed E-state index contributed by atoms with van der Waals surface area (Å²) in [6.45, 7) is 4.50. The van der Waals surface area contributed by atoms with Gasteiger partial charge in [-0.2, -0.15) is 11.8 Å². The summed E-state index contributed by atoms with van der Waals surface area (Å²) in [7, 11) is 0. The van der Waals surface area contributed by atoms with Crippen LogP contribution in [0.15, 0.2) is 0 Å². The minimum Gasteiger partial charge on any atom is -0.162 e. The molecule has 2 heteroatoms. The molecule has 0 heterocycles. The Morgan fingerprint density at radius 2 is 2.00 bits per heavy atom. The molecule has 0 aliphatic rings. The molecule has 0 radical (unpaired) electrons. The topological polar surface area (TPSA) is 0 Å². The van der Waals surface area contributed by atoms with Crippen LogP contribution in [0.4, 0.5) is 0 Å². The molecular weight excluding hydrogens is 220 g/mol. The van der Waals surface area contributed by atoms with E-state index in [0.717, 1.165) is 5.92 Å². The molecule has 0 saturated carbocycles. The first-order valence-electron chi connectivity index (χ1n) is 4.48. The monoisotopic (exact) mass is 238 g/mol. The van der Waals surface area contributed by atoms with E-state index in [1.807, 2.05) is 0 Å². The van der Waals surface area contributed by atoms with Crippen LogP contribution in [-0.4, -0.2) is 16.8 Å². The van der Waals surface area contributed by atoms with Crippen LogP contribution in [0, 0.1) is 5.92 Å². The minimum atomic E-state index is 0.916. The van der Waals surface area contributed by atoms with Gasteiger partial charge in [-0.3, -0.25) is 0 Å². The predicted molar refractivity (Wildman–Crippen MR) is 59.8 cm³/mol. The second kappa shape index (κ2) is 8.92. The normalized spacial score (nSPS) is 13.4. The summed E-state index contributed by atoms with van der Waals surface area (Å²) in [6, 6.07) is 0. The summed E-state index contributed by atoms with van der Waals surface area (Å²) in [4.78, 5) is 0. The predicted octanol–water partition coefficient (Wildman–Crippen LogP) is 3.94. The third-order valence-corrected chi connectivity index (χ3v) is 3.64. The van der Waals surface area contributed by atoms with E-state index in [9.17, 15) is 0 Å². The van der Waals surface area contributed by atoms with Crippen molar-refractivity contribution in [1.82, 2.24) is 0 Å². The molecule has 0 N–H and O–H groups in total. The summed E-state index contributed by atoms with van der Waals surface area (Å²) in [5.74, 6) is 3.52. The van der Waals surface area contributed by atoms with Gasteiger partial charge in [0.25, 0.3) is 0 Å². The van der Waals surface area contributed by atoms with Crippen LogP contribution < -0.4 is 0 Å². The van der Waals surface area contributed by atoms with E-state index in [4.69, 9.17) is 0 Å². The van der Waals surface area contributed by atoms with Crippen molar-refractivity contribution in [3.8, 4) is 0 Å². The quantitative estimate of drug-likeness (QED) is 0.479. The molecule has 0 bridgehead atoms. The summed E-state index contributed by atoms with van der Waals surface area (Å²) in [5, 5.41) is 1.19. The minimum absolute atomic E-state index is 0.916. The number of halogens is 1. The van der Waals surface area contributed by atoms with Gasteiger partial charge in [0, 0.05) is 5.33 Å². The van der Waals surface area contributed by atoms with Gasteiger partial charge in [-0.1, -0.05) is 36.2 Å². The van der Waals surface area contributed by atoms with E-state index < -0.39 is 0 Å². The number of rotatable bonds is 7. The molecule has 0 aromatic carbocycles. The molecule has 0 aromatic rings. The van der Waals surface area contributed by atoms with Gasteiger partial charge in [-0.15, -0.1) is 0 Å². The number of thioether (sulfide) groups is 1. The maximum absolute atomic E-state index is 3.56. The van der Waals surface area contributed by atoms with Crippen LogP contribution in [-0.2, 0) is 0 Å². The smallest absolute Gasteiger partial charge is 0.00599 e. The van der Waals surface area contributed by atoms with Gasteiger partial charge in [0.15, 0.2) is 0 Å². The summed E-state index contributed by atoms with van der Waals surface area (Å²) < 4.78 is 0. The molecule has 0 aliphatic carbocycles. The van der Waals surface area contributed by atoms with E-state index in [1.165, 1.54) is 36.1 Å². The third kappa shape index (κ3) is 7.20. The average Bonchev–Trinajstić information content (AvgIpc) is 2.03. The Morgan fingerprint density at radius 1 is 1.27 bits per heavy atom. The second-order valence-electron chi connectivity index (χ2n) is 2.79. The fraction of sp³-hybridized carbons (Fsp3) is 1.00. The van der Waals surface area contributed by atoms with Gasteiger partial charge in [-0.05, 0) is 30.3 Å². The molecule has 0 saturated heterocycles. The molecule has 11 heavy (non-hydrogen) atoms. The highest BCUT2D eigenvalue weighted by Crippen LogP contribution is 2.16. The molecule has 1 atom stereocenters. The first kappa shape index (κ1) is 11.8. The van der Waals surface area contributed by atoms with Crippen LogP contribution in [0.25, 0.3) is 0 Å². The van der Waals surface area contributed by atoms with E-state index in [2.05, 4.69) is 41.5 Å². The van der Waals surface area contributed by atoms with E-state index in [0.29, 0.717) is 0 Å². The fourth-order valence-corrected chi connectivity index (χ4v) is 2.54. The van der Waals surface area contributed by atoms with Crippen molar-refractivity contribution in [3.63, 3.8) is 0 Å². The van der Waals surface area contributed by atoms with Crippen molar-refractivity contribution in [2.75, 3.05) is 16.8 Å². The molecule has 0 spiro atoms. The van der Waals surface area contributed by atoms with Crippen LogP contribution in [0.5, 0.6) is 0 Å². The largest absolute Gasteiger partial charge is 0.162 e. The molecular formula is C9H19BrS. The standard InChI is InChI=1S/C9H19BrS/c1-3-5-9(8-10)6-7-11-4-2/h9H,3-8H2,1-2H3. The first-order valence-corrected chi connectivity index (χ1v) is 6.76. The fourth-order valence-electron chi connectivity index (χ4n) is 1.10. The zero-order valence-corrected chi connectivity index (χ0v) is 10.0. The second-order valence-corrected chi connectivity index (χ2v) is 4.84. The zero-order chi connectivity index (χ0) is 8.53. The number of hydrogen-bond acceptors (Lipinski definition) is 1. The Hall–Kier alpha value is 0.830. The number of hydrogen-bond donors (Lipinski definition) is 0. The van der Waals surface area contributed by atoms with E-state index >= 15 is 0 Å². The Balaban J connectivity index is 3.20. The lowest BCUT2D eigenvalue weighted by molar-refractivity contribution is 0.524. The lowest BCUT2D eigenvalue weighted by atomic mass is 10.0. The van der Waals surface area contributed by atoms with Gasteiger partial charge in [0.1, 0.15) is 0 Å². The van der Waals surface area contributed by atoms with Gasteiger partial charge in [0.05, 0.1) is 0 Å². The van der Waals surface area contributed by atoms with Crippen molar-refractivity contribution in [1.29, 1.82) is 0 Å². The van der Waals surface area contributed by atoms with E-state index in [-0.39, 0.29) is 0 Å². The lowest BCUT2D eigenvalue weighted by Gasteiger charge is -2.11. The van der Waals surface area contributed by atoms with Gasteiger partial charge >= 0.3 is 0 Å². The Bertz CT molecular complexity index is 76.0. The Labute approximate surface area is 83.6 Å². The van der Waals surface area contributed by atoms with Gasteiger partial charge in [-0.25, -0.2) is 0 Å². The molecule has 1 unspecified atom stereocenters. The van der Waals surface area contributed by atoms with Crippen molar-refractivity contribution in [3.05, 3.63) is 0 Å². The lowest BCUT2D eigenvalue weighted by Crippen LogP contribution is -2.02. The van der Waals surface area contributed by atoms with Crippen molar-refractivity contribution < 1.29 is 0 Å². The maximum atomic E-state index is 3.56. The molecule has 68 valence electrons. The van der Waals surface area contributed by atoms with Crippen LogP contribution in [0.2, 0.25) is 0 Å². The maximum Gasteiger partial charge on any atom is 0.00599 e. The third-order valence-electron chi connectivity index (χ3n) is 1.79. The first-order chi connectivity index (χ1) is 5.35. The van der Waals surface area contributed by atoms with Crippen molar-refractivity contribution in [2.45, 2.75) is 33.1 Å². The van der Waals surface area contributed by atoms with E-state index in [1.54, 1.807) is 0 Å². The SMILES string of the molecule is CCCC(CBr)CCSCC. The average molecular weight is 239 g/mol. The Kier molecular flexibility index (Phi) is 9.60. The molecule has 0 fully saturated rings. The van der Waals surface area contributed by atoms with Crippen LogP contribution in [0.3, 0.4) is 0 Å².